The molecule has 0 aliphatic rings. The molecule has 5 heteroatoms. The van der Waals surface area contributed by atoms with Gasteiger partial charge < -0.3 is 0 Å². The first-order valence-electron chi connectivity index (χ1n) is 6.09. The first-order valence-corrected chi connectivity index (χ1v) is 6.09. The molecule has 0 aromatic heterocycles. The Bertz CT molecular complexity index is 662. The Morgan fingerprint density at radius 2 is 1.48 bits per heavy atom. The van der Waals surface area contributed by atoms with Crippen molar-refractivity contribution in [3.05, 3.63) is 76.9 Å². The fraction of sp³-hybridized carbons (Fsp3) is 0.125. The Balaban J connectivity index is 2.55. The van der Waals surface area contributed by atoms with Gasteiger partial charge in [-0.05, 0) is 30.2 Å². The third-order valence-corrected chi connectivity index (χ3v) is 3.01. The number of hydrogen-bond acceptors (Lipinski definition) is 0. The number of alkyl halides is 3. The van der Waals surface area contributed by atoms with Crippen molar-refractivity contribution in [2.75, 3.05) is 0 Å². The van der Waals surface area contributed by atoms with E-state index in [1.54, 1.807) is 19.1 Å². The van der Waals surface area contributed by atoms with E-state index in [-0.39, 0.29) is 11.1 Å². The summed E-state index contributed by atoms with van der Waals surface area (Å²) < 4.78 is 64.4. The van der Waals surface area contributed by atoms with Gasteiger partial charge in [0.05, 0.1) is 11.1 Å². The molecule has 0 aliphatic carbocycles. The second kappa shape index (κ2) is 5.68. The van der Waals surface area contributed by atoms with Crippen molar-refractivity contribution in [1.82, 2.24) is 0 Å². The van der Waals surface area contributed by atoms with E-state index < -0.39 is 23.4 Å². The second-order valence-corrected chi connectivity index (χ2v) is 4.58. The van der Waals surface area contributed by atoms with Crippen molar-refractivity contribution >= 4 is 5.57 Å². The minimum atomic E-state index is -4.57. The highest BCUT2D eigenvalue weighted by Crippen LogP contribution is 2.34. The average molecular weight is 298 g/mol. The van der Waals surface area contributed by atoms with E-state index >= 15 is 0 Å². The number of rotatable bonds is 2. The summed E-state index contributed by atoms with van der Waals surface area (Å²) in [5.74, 6) is 0. The van der Waals surface area contributed by atoms with Gasteiger partial charge in [-0.15, -0.1) is 0 Å². The van der Waals surface area contributed by atoms with E-state index in [2.05, 4.69) is 0 Å². The van der Waals surface area contributed by atoms with E-state index in [0.29, 0.717) is 0 Å². The Kier molecular flexibility index (Phi) is 4.11. The molecule has 0 saturated carbocycles. The molecule has 0 unspecified atom stereocenters. The molecule has 0 bridgehead atoms. The van der Waals surface area contributed by atoms with Gasteiger partial charge in [-0.1, -0.05) is 42.0 Å². The zero-order chi connectivity index (χ0) is 15.6. The molecule has 0 aliphatic heterocycles. The summed E-state index contributed by atoms with van der Waals surface area (Å²) in [6.45, 7) is 1.79. The van der Waals surface area contributed by atoms with Crippen molar-refractivity contribution in [2.45, 2.75) is 13.1 Å². The predicted octanol–water partition coefficient (Wildman–Crippen LogP) is 5.67. The maximum atomic E-state index is 13.2. The van der Waals surface area contributed by atoms with Crippen molar-refractivity contribution in [1.29, 1.82) is 0 Å². The van der Waals surface area contributed by atoms with Crippen molar-refractivity contribution in [3.63, 3.8) is 0 Å². The summed E-state index contributed by atoms with van der Waals surface area (Å²) in [5.41, 5.74) is -0.540. The molecule has 0 spiro atoms. The molecule has 110 valence electrons. The molecule has 0 N–H and O–H groups in total. The SMILES string of the molecule is Cc1ccc(C(=C(F)F)c2cccc(C(F)(F)F)c2)cc1. The molecular formula is C16H11F5. The lowest BCUT2D eigenvalue weighted by Gasteiger charge is -2.11. The molecule has 21 heavy (non-hydrogen) atoms. The number of aryl methyl sites for hydroxylation is 1. The molecule has 0 nitrogen and oxygen atoms in total. The van der Waals surface area contributed by atoms with Gasteiger partial charge in [0.25, 0.3) is 6.08 Å². The van der Waals surface area contributed by atoms with Crippen LogP contribution in [0.15, 0.2) is 54.6 Å². The standard InChI is InChI=1S/C16H11F5/c1-10-5-7-11(8-6-10)14(15(17)18)12-3-2-4-13(9-12)16(19,20)21/h2-9H,1H3. The Hall–Kier alpha value is -2.17. The second-order valence-electron chi connectivity index (χ2n) is 4.58. The normalized spacial score (nSPS) is 11.3. The molecule has 0 radical (unpaired) electrons. The molecular weight excluding hydrogens is 287 g/mol. The minimum absolute atomic E-state index is 0.159. The van der Waals surface area contributed by atoms with Crippen LogP contribution in [0.4, 0.5) is 22.0 Å². The lowest BCUT2D eigenvalue weighted by Crippen LogP contribution is -2.05. The van der Waals surface area contributed by atoms with Crippen LogP contribution in [-0.2, 0) is 6.18 Å². The summed E-state index contributed by atoms with van der Waals surface area (Å²) in [5, 5.41) is 0. The van der Waals surface area contributed by atoms with Crippen LogP contribution in [0.5, 0.6) is 0 Å². The minimum Gasteiger partial charge on any atom is -0.173 e. The van der Waals surface area contributed by atoms with E-state index in [1.807, 2.05) is 0 Å². The zero-order valence-corrected chi connectivity index (χ0v) is 11.0. The first kappa shape index (κ1) is 15.2. The number of benzene rings is 2. The fourth-order valence-corrected chi connectivity index (χ4v) is 1.96. The molecule has 2 aromatic rings. The Morgan fingerprint density at radius 3 is 2.00 bits per heavy atom. The summed E-state index contributed by atoms with van der Waals surface area (Å²) >= 11 is 0. The quantitative estimate of drug-likeness (QED) is 0.627. The maximum absolute atomic E-state index is 13.2. The van der Waals surface area contributed by atoms with Crippen LogP contribution in [0.25, 0.3) is 5.57 Å². The third kappa shape index (κ3) is 3.48. The highest BCUT2D eigenvalue weighted by atomic mass is 19.4. The summed E-state index contributed by atoms with van der Waals surface area (Å²) in [7, 11) is 0. The van der Waals surface area contributed by atoms with Crippen LogP contribution >= 0.6 is 0 Å². The van der Waals surface area contributed by atoms with Gasteiger partial charge in [-0.25, -0.2) is 0 Å². The number of halogens is 5. The lowest BCUT2D eigenvalue weighted by atomic mass is 9.96. The van der Waals surface area contributed by atoms with Gasteiger partial charge in [-0.3, -0.25) is 0 Å². The van der Waals surface area contributed by atoms with Crippen molar-refractivity contribution in [2.24, 2.45) is 0 Å². The Morgan fingerprint density at radius 1 is 0.857 bits per heavy atom. The summed E-state index contributed by atoms with van der Waals surface area (Å²) in [6.07, 6.45) is -6.58. The van der Waals surface area contributed by atoms with Crippen molar-refractivity contribution < 1.29 is 22.0 Å². The highest BCUT2D eigenvalue weighted by Gasteiger charge is 2.31. The summed E-state index contributed by atoms with van der Waals surface area (Å²) in [6, 6.07) is 10.1. The highest BCUT2D eigenvalue weighted by molar-refractivity contribution is 5.80. The van der Waals surface area contributed by atoms with E-state index in [4.69, 9.17) is 0 Å². The van der Waals surface area contributed by atoms with E-state index in [0.717, 1.165) is 23.8 Å². The van der Waals surface area contributed by atoms with Gasteiger partial charge in [0.1, 0.15) is 0 Å². The van der Waals surface area contributed by atoms with E-state index in [9.17, 15) is 22.0 Å². The van der Waals surface area contributed by atoms with Crippen LogP contribution in [0.3, 0.4) is 0 Å². The average Bonchev–Trinajstić information content (AvgIpc) is 2.40. The Labute approximate surface area is 118 Å². The van der Waals surface area contributed by atoms with Crippen LogP contribution < -0.4 is 0 Å². The van der Waals surface area contributed by atoms with Crippen LogP contribution in [0.1, 0.15) is 22.3 Å². The zero-order valence-electron chi connectivity index (χ0n) is 11.0. The van der Waals surface area contributed by atoms with Gasteiger partial charge in [0.2, 0.25) is 0 Å². The smallest absolute Gasteiger partial charge is 0.173 e. The largest absolute Gasteiger partial charge is 0.416 e. The first-order chi connectivity index (χ1) is 9.79. The molecule has 2 rings (SSSR count). The molecule has 0 heterocycles. The molecule has 0 saturated heterocycles. The summed E-state index contributed by atoms with van der Waals surface area (Å²) in [4.78, 5) is 0. The molecule has 0 atom stereocenters. The van der Waals surface area contributed by atoms with Gasteiger partial charge in [-0.2, -0.15) is 22.0 Å². The van der Waals surface area contributed by atoms with Crippen LogP contribution in [0, 0.1) is 6.92 Å². The molecule has 2 aromatic carbocycles. The predicted molar refractivity (Wildman–Crippen MR) is 70.9 cm³/mol. The number of hydrogen-bond donors (Lipinski definition) is 0. The van der Waals surface area contributed by atoms with E-state index in [1.165, 1.54) is 18.2 Å². The van der Waals surface area contributed by atoms with Crippen molar-refractivity contribution in [3.8, 4) is 0 Å². The van der Waals surface area contributed by atoms with Crippen LogP contribution in [-0.4, -0.2) is 0 Å². The fourth-order valence-electron chi connectivity index (χ4n) is 1.96. The van der Waals surface area contributed by atoms with Crippen LogP contribution in [0.2, 0.25) is 0 Å². The topological polar surface area (TPSA) is 0 Å². The van der Waals surface area contributed by atoms with Gasteiger partial charge in [0, 0.05) is 0 Å². The van der Waals surface area contributed by atoms with Gasteiger partial charge in [0.15, 0.2) is 0 Å². The van der Waals surface area contributed by atoms with Gasteiger partial charge >= 0.3 is 6.18 Å². The molecule has 0 amide bonds. The monoisotopic (exact) mass is 298 g/mol. The maximum Gasteiger partial charge on any atom is 0.416 e. The lowest BCUT2D eigenvalue weighted by molar-refractivity contribution is -0.137. The molecule has 0 fully saturated rings. The third-order valence-electron chi connectivity index (χ3n) is 3.01.